The monoisotopic (exact) mass is 272 g/mol. The molecule has 2 N–H and O–H groups in total. The van der Waals surface area contributed by atoms with Crippen LogP contribution in [0.15, 0.2) is 30.3 Å². The van der Waals surface area contributed by atoms with Crippen molar-refractivity contribution in [1.82, 2.24) is 4.90 Å². The van der Waals surface area contributed by atoms with Gasteiger partial charge in [-0.1, -0.05) is 37.3 Å². The molecule has 1 aromatic carbocycles. The van der Waals surface area contributed by atoms with Crippen LogP contribution in [0.4, 0.5) is 0 Å². The molecule has 3 rings (SSSR count). The summed E-state index contributed by atoms with van der Waals surface area (Å²) in [6, 6.07) is 10.7. The van der Waals surface area contributed by atoms with Gasteiger partial charge < -0.3 is 10.6 Å². The predicted octanol–water partition coefficient (Wildman–Crippen LogP) is 2.38. The minimum atomic E-state index is 0.191. The fourth-order valence-electron chi connectivity index (χ4n) is 3.63. The summed E-state index contributed by atoms with van der Waals surface area (Å²) >= 11 is 0. The van der Waals surface area contributed by atoms with E-state index in [9.17, 15) is 4.79 Å². The second-order valence-corrected chi connectivity index (χ2v) is 6.31. The van der Waals surface area contributed by atoms with Crippen molar-refractivity contribution in [2.75, 3.05) is 13.1 Å². The maximum absolute atomic E-state index is 12.7. The van der Waals surface area contributed by atoms with E-state index in [0.717, 1.165) is 19.4 Å². The van der Waals surface area contributed by atoms with Gasteiger partial charge in [-0.15, -0.1) is 0 Å². The fraction of sp³-hybridized carbons (Fsp3) is 0.588. The fourth-order valence-corrected chi connectivity index (χ4v) is 3.63. The number of nitrogens with two attached hydrogens (primary N) is 1. The average Bonchev–Trinajstić information content (AvgIpc) is 3.27. The molecule has 2 aliphatic rings. The molecule has 108 valence electrons. The van der Waals surface area contributed by atoms with Crippen LogP contribution in [0.3, 0.4) is 0 Å². The van der Waals surface area contributed by atoms with Crippen LogP contribution < -0.4 is 5.73 Å². The van der Waals surface area contributed by atoms with Crippen LogP contribution in [0.1, 0.15) is 37.7 Å². The molecule has 0 radical (unpaired) electrons. The van der Waals surface area contributed by atoms with Crippen LogP contribution in [-0.2, 0) is 4.79 Å². The summed E-state index contributed by atoms with van der Waals surface area (Å²) in [7, 11) is 0. The third-order valence-electron chi connectivity index (χ3n) is 4.98. The largest absolute Gasteiger partial charge is 0.338 e. The molecule has 1 aliphatic heterocycles. The average molecular weight is 272 g/mol. The van der Waals surface area contributed by atoms with E-state index in [1.807, 2.05) is 6.07 Å². The van der Waals surface area contributed by atoms with E-state index in [1.54, 1.807) is 0 Å². The number of nitrogens with zero attached hydrogens (tertiary/aromatic N) is 1. The van der Waals surface area contributed by atoms with Crippen molar-refractivity contribution in [2.24, 2.45) is 17.6 Å². The Morgan fingerprint density at radius 3 is 2.80 bits per heavy atom. The van der Waals surface area contributed by atoms with Crippen LogP contribution in [0.25, 0.3) is 0 Å². The van der Waals surface area contributed by atoms with Crippen molar-refractivity contribution in [3.8, 4) is 0 Å². The SMILES string of the molecule is CC1CCCN(C(=O)C2CC2c2ccccc2)C1CN. The van der Waals surface area contributed by atoms with Gasteiger partial charge in [0.1, 0.15) is 0 Å². The molecule has 20 heavy (non-hydrogen) atoms. The van der Waals surface area contributed by atoms with Crippen LogP contribution >= 0.6 is 0 Å². The van der Waals surface area contributed by atoms with E-state index in [2.05, 4.69) is 36.1 Å². The van der Waals surface area contributed by atoms with Crippen molar-refractivity contribution in [3.05, 3.63) is 35.9 Å². The molecule has 3 heteroatoms. The predicted molar refractivity (Wildman–Crippen MR) is 80.2 cm³/mol. The Balaban J connectivity index is 1.68. The summed E-state index contributed by atoms with van der Waals surface area (Å²) < 4.78 is 0. The Labute approximate surface area is 121 Å². The van der Waals surface area contributed by atoms with Gasteiger partial charge in [-0.25, -0.2) is 0 Å². The van der Waals surface area contributed by atoms with E-state index in [0.29, 0.717) is 24.3 Å². The Bertz CT molecular complexity index is 473. The molecule has 0 aromatic heterocycles. The van der Waals surface area contributed by atoms with Gasteiger partial charge in [0.05, 0.1) is 0 Å². The number of amides is 1. The lowest BCUT2D eigenvalue weighted by molar-refractivity contribution is -0.137. The number of likely N-dealkylation sites (tertiary alicyclic amines) is 1. The highest BCUT2D eigenvalue weighted by Gasteiger charge is 2.47. The van der Waals surface area contributed by atoms with Gasteiger partial charge in [-0.3, -0.25) is 4.79 Å². The number of carbonyl (C=O) groups is 1. The van der Waals surface area contributed by atoms with Gasteiger partial charge in [0.15, 0.2) is 0 Å². The molecule has 4 unspecified atom stereocenters. The van der Waals surface area contributed by atoms with Gasteiger partial charge in [-0.05, 0) is 36.7 Å². The molecule has 1 amide bonds. The first-order valence-corrected chi connectivity index (χ1v) is 7.78. The van der Waals surface area contributed by atoms with Crippen LogP contribution in [-0.4, -0.2) is 29.9 Å². The zero-order valence-corrected chi connectivity index (χ0v) is 12.2. The standard InChI is InChI=1S/C17H24N2O/c1-12-6-5-9-19(16(12)11-18)17(20)15-10-14(15)13-7-3-2-4-8-13/h2-4,7-8,12,14-16H,5-6,9-11,18H2,1H3. The molecule has 0 spiro atoms. The number of hydrogen-bond donors (Lipinski definition) is 1. The topological polar surface area (TPSA) is 46.3 Å². The molecule has 4 atom stereocenters. The second-order valence-electron chi connectivity index (χ2n) is 6.31. The van der Waals surface area contributed by atoms with Crippen molar-refractivity contribution in [1.29, 1.82) is 0 Å². The lowest BCUT2D eigenvalue weighted by atomic mass is 9.90. The first-order chi connectivity index (χ1) is 9.72. The molecule has 1 saturated heterocycles. The van der Waals surface area contributed by atoms with Crippen LogP contribution in [0.2, 0.25) is 0 Å². The lowest BCUT2D eigenvalue weighted by Crippen LogP contribution is -2.52. The summed E-state index contributed by atoms with van der Waals surface area (Å²) in [5, 5.41) is 0. The zero-order valence-electron chi connectivity index (χ0n) is 12.2. The molecule has 1 saturated carbocycles. The number of hydrogen-bond acceptors (Lipinski definition) is 2. The summed E-state index contributed by atoms with van der Waals surface area (Å²) in [6.07, 6.45) is 3.32. The summed E-state index contributed by atoms with van der Waals surface area (Å²) in [5.41, 5.74) is 7.20. The molecule has 3 nitrogen and oxygen atoms in total. The Morgan fingerprint density at radius 2 is 2.10 bits per heavy atom. The molecular formula is C17H24N2O. The third-order valence-corrected chi connectivity index (χ3v) is 4.98. The summed E-state index contributed by atoms with van der Waals surface area (Å²) in [6.45, 7) is 3.71. The molecule has 0 bridgehead atoms. The van der Waals surface area contributed by atoms with E-state index in [-0.39, 0.29) is 12.0 Å². The van der Waals surface area contributed by atoms with Gasteiger partial charge in [0, 0.05) is 25.0 Å². The van der Waals surface area contributed by atoms with Gasteiger partial charge in [0.25, 0.3) is 0 Å². The quantitative estimate of drug-likeness (QED) is 0.918. The van der Waals surface area contributed by atoms with Crippen molar-refractivity contribution in [3.63, 3.8) is 0 Å². The van der Waals surface area contributed by atoms with E-state index in [4.69, 9.17) is 5.73 Å². The number of carbonyl (C=O) groups excluding carboxylic acids is 1. The number of benzene rings is 1. The minimum absolute atomic E-state index is 0.191. The molecule has 1 heterocycles. The van der Waals surface area contributed by atoms with Gasteiger partial charge >= 0.3 is 0 Å². The highest BCUT2D eigenvalue weighted by Crippen LogP contribution is 2.49. The third kappa shape index (κ3) is 2.47. The van der Waals surface area contributed by atoms with Crippen molar-refractivity contribution >= 4 is 5.91 Å². The normalized spacial score (nSPS) is 33.0. The first-order valence-electron chi connectivity index (χ1n) is 7.78. The van der Waals surface area contributed by atoms with E-state index >= 15 is 0 Å². The number of rotatable bonds is 3. The lowest BCUT2D eigenvalue weighted by Gasteiger charge is -2.39. The van der Waals surface area contributed by atoms with E-state index < -0.39 is 0 Å². The second kappa shape index (κ2) is 5.57. The minimum Gasteiger partial charge on any atom is -0.338 e. The molecule has 1 aromatic rings. The maximum Gasteiger partial charge on any atom is 0.226 e. The summed E-state index contributed by atoms with van der Waals surface area (Å²) in [5.74, 6) is 1.49. The molecule has 1 aliphatic carbocycles. The van der Waals surface area contributed by atoms with Crippen LogP contribution in [0.5, 0.6) is 0 Å². The van der Waals surface area contributed by atoms with Crippen LogP contribution in [0, 0.1) is 11.8 Å². The summed E-state index contributed by atoms with van der Waals surface area (Å²) in [4.78, 5) is 14.8. The Morgan fingerprint density at radius 1 is 1.35 bits per heavy atom. The van der Waals surface area contributed by atoms with Gasteiger partial charge in [0.2, 0.25) is 5.91 Å². The van der Waals surface area contributed by atoms with Crippen molar-refractivity contribution < 1.29 is 4.79 Å². The smallest absolute Gasteiger partial charge is 0.226 e. The van der Waals surface area contributed by atoms with E-state index in [1.165, 1.54) is 12.0 Å². The highest BCUT2D eigenvalue weighted by molar-refractivity contribution is 5.83. The Kier molecular flexibility index (Phi) is 3.79. The van der Waals surface area contributed by atoms with Crippen molar-refractivity contribution in [2.45, 2.75) is 38.1 Å². The highest BCUT2D eigenvalue weighted by atomic mass is 16.2. The Hall–Kier alpha value is -1.35. The first kappa shape index (κ1) is 13.6. The molecular weight excluding hydrogens is 248 g/mol. The zero-order chi connectivity index (χ0) is 14.1. The maximum atomic E-state index is 12.7. The molecule has 2 fully saturated rings. The van der Waals surface area contributed by atoms with Gasteiger partial charge in [-0.2, -0.15) is 0 Å². The number of piperidine rings is 1.